The average molecular weight is 371 g/mol. The molecule has 2 aromatic carbocycles. The van der Waals surface area contributed by atoms with Gasteiger partial charge in [0.15, 0.2) is 0 Å². The van der Waals surface area contributed by atoms with E-state index in [-0.39, 0.29) is 0 Å². The van der Waals surface area contributed by atoms with Crippen LogP contribution in [-0.4, -0.2) is 9.97 Å². The standard InChI is InChI=1S/C24H19ClN2/c1-16-8-3-5-10-18(16)21-12-7-13-23(26-21)24-20(25)14-15-22(27-24)19-11-6-4-9-17(19)2/h3-15H,1-2H3. The lowest BCUT2D eigenvalue weighted by molar-refractivity contribution is 1.24. The summed E-state index contributed by atoms with van der Waals surface area (Å²) < 4.78 is 0. The molecule has 0 aliphatic rings. The number of pyridine rings is 2. The van der Waals surface area contributed by atoms with Crippen LogP contribution in [0.15, 0.2) is 78.9 Å². The average Bonchev–Trinajstić information content (AvgIpc) is 2.69. The summed E-state index contributed by atoms with van der Waals surface area (Å²) in [7, 11) is 0. The molecular weight excluding hydrogens is 352 g/mol. The topological polar surface area (TPSA) is 25.8 Å². The number of halogens is 1. The van der Waals surface area contributed by atoms with Gasteiger partial charge in [-0.1, -0.05) is 66.2 Å². The van der Waals surface area contributed by atoms with Gasteiger partial charge in [0.1, 0.15) is 5.69 Å². The summed E-state index contributed by atoms with van der Waals surface area (Å²) in [4.78, 5) is 9.68. The van der Waals surface area contributed by atoms with Crippen molar-refractivity contribution in [2.45, 2.75) is 13.8 Å². The molecular formula is C24H19ClN2. The van der Waals surface area contributed by atoms with Gasteiger partial charge in [-0.25, -0.2) is 9.97 Å². The Kier molecular flexibility index (Phi) is 4.74. The molecule has 0 atom stereocenters. The minimum atomic E-state index is 0.599. The lowest BCUT2D eigenvalue weighted by atomic mass is 10.0. The fraction of sp³-hybridized carbons (Fsp3) is 0.0833. The van der Waals surface area contributed by atoms with Gasteiger partial charge in [-0.2, -0.15) is 0 Å². The van der Waals surface area contributed by atoms with E-state index in [0.717, 1.165) is 28.2 Å². The van der Waals surface area contributed by atoms with Crippen LogP contribution in [0.5, 0.6) is 0 Å². The van der Waals surface area contributed by atoms with Crippen molar-refractivity contribution in [2.24, 2.45) is 0 Å². The van der Waals surface area contributed by atoms with Gasteiger partial charge < -0.3 is 0 Å². The monoisotopic (exact) mass is 370 g/mol. The maximum atomic E-state index is 6.49. The molecule has 27 heavy (non-hydrogen) atoms. The van der Waals surface area contributed by atoms with Crippen molar-refractivity contribution in [3.05, 3.63) is 95.0 Å². The second-order valence-electron chi connectivity index (χ2n) is 6.56. The molecule has 3 heteroatoms. The fourth-order valence-corrected chi connectivity index (χ4v) is 3.41. The summed E-state index contributed by atoms with van der Waals surface area (Å²) in [6.45, 7) is 4.18. The van der Waals surface area contributed by atoms with Gasteiger partial charge in [0.2, 0.25) is 0 Å². The van der Waals surface area contributed by atoms with Crippen LogP contribution in [-0.2, 0) is 0 Å². The first-order chi connectivity index (χ1) is 13.1. The molecule has 2 nitrogen and oxygen atoms in total. The van der Waals surface area contributed by atoms with E-state index in [1.54, 1.807) is 0 Å². The van der Waals surface area contributed by atoms with Gasteiger partial charge in [-0.05, 0) is 49.2 Å². The molecule has 0 saturated heterocycles. The lowest BCUT2D eigenvalue weighted by Gasteiger charge is -2.10. The molecule has 132 valence electrons. The van der Waals surface area contributed by atoms with Gasteiger partial charge in [0, 0.05) is 11.1 Å². The Balaban J connectivity index is 1.83. The van der Waals surface area contributed by atoms with Crippen molar-refractivity contribution in [3.8, 4) is 33.9 Å². The Bertz CT molecular complexity index is 1120. The van der Waals surface area contributed by atoms with E-state index >= 15 is 0 Å². The third-order valence-corrected chi connectivity index (χ3v) is 4.98. The van der Waals surface area contributed by atoms with Crippen LogP contribution in [0.3, 0.4) is 0 Å². The van der Waals surface area contributed by atoms with Gasteiger partial charge in [0.05, 0.1) is 22.1 Å². The molecule has 0 N–H and O–H groups in total. The van der Waals surface area contributed by atoms with Crippen LogP contribution >= 0.6 is 11.6 Å². The molecule has 0 saturated carbocycles. The molecule has 0 aliphatic carbocycles. The Morgan fingerprint density at radius 3 is 1.74 bits per heavy atom. The summed E-state index contributed by atoms with van der Waals surface area (Å²) >= 11 is 6.49. The zero-order valence-corrected chi connectivity index (χ0v) is 16.0. The Morgan fingerprint density at radius 2 is 1.11 bits per heavy atom. The molecule has 4 aromatic rings. The minimum Gasteiger partial charge on any atom is -0.246 e. The van der Waals surface area contributed by atoms with Crippen molar-refractivity contribution < 1.29 is 0 Å². The highest BCUT2D eigenvalue weighted by molar-refractivity contribution is 6.33. The number of nitrogens with zero attached hydrogens (tertiary/aromatic N) is 2. The SMILES string of the molecule is Cc1ccccc1-c1cccc(-c2nc(-c3ccccc3C)ccc2Cl)n1. The molecule has 0 spiro atoms. The molecule has 0 radical (unpaired) electrons. The van der Waals surface area contributed by atoms with E-state index in [1.807, 2.05) is 54.6 Å². The number of aromatic nitrogens is 2. The molecule has 0 bridgehead atoms. The van der Waals surface area contributed by atoms with Crippen LogP contribution in [0.4, 0.5) is 0 Å². The van der Waals surface area contributed by atoms with E-state index in [1.165, 1.54) is 11.1 Å². The highest BCUT2D eigenvalue weighted by atomic mass is 35.5. The summed E-state index contributed by atoms with van der Waals surface area (Å²) in [5, 5.41) is 0.599. The third kappa shape index (κ3) is 3.49. The number of benzene rings is 2. The Morgan fingerprint density at radius 1 is 0.556 bits per heavy atom. The highest BCUT2D eigenvalue weighted by Gasteiger charge is 2.12. The number of rotatable bonds is 3. The van der Waals surface area contributed by atoms with Crippen molar-refractivity contribution in [3.63, 3.8) is 0 Å². The molecule has 2 aromatic heterocycles. The fourth-order valence-electron chi connectivity index (χ4n) is 3.21. The molecule has 0 fully saturated rings. The van der Waals surface area contributed by atoms with Gasteiger partial charge in [0.25, 0.3) is 0 Å². The zero-order valence-electron chi connectivity index (χ0n) is 15.3. The molecule has 4 rings (SSSR count). The zero-order chi connectivity index (χ0) is 18.8. The molecule has 0 aliphatic heterocycles. The summed E-state index contributed by atoms with van der Waals surface area (Å²) in [5.41, 5.74) is 7.88. The van der Waals surface area contributed by atoms with Gasteiger partial charge in [-0.15, -0.1) is 0 Å². The van der Waals surface area contributed by atoms with Gasteiger partial charge >= 0.3 is 0 Å². The highest BCUT2D eigenvalue weighted by Crippen LogP contribution is 2.31. The van der Waals surface area contributed by atoms with Crippen LogP contribution in [0.1, 0.15) is 11.1 Å². The number of aryl methyl sites for hydroxylation is 2. The largest absolute Gasteiger partial charge is 0.246 e. The van der Waals surface area contributed by atoms with E-state index in [4.69, 9.17) is 21.6 Å². The van der Waals surface area contributed by atoms with Gasteiger partial charge in [-0.3, -0.25) is 0 Å². The van der Waals surface area contributed by atoms with Crippen LogP contribution < -0.4 is 0 Å². The van der Waals surface area contributed by atoms with Crippen LogP contribution in [0.25, 0.3) is 33.9 Å². The summed E-state index contributed by atoms with van der Waals surface area (Å²) in [6.07, 6.45) is 0. The first-order valence-electron chi connectivity index (χ1n) is 8.89. The Hall–Kier alpha value is -2.97. The predicted molar refractivity (Wildman–Crippen MR) is 113 cm³/mol. The van der Waals surface area contributed by atoms with E-state index < -0.39 is 0 Å². The van der Waals surface area contributed by atoms with Crippen molar-refractivity contribution in [1.29, 1.82) is 0 Å². The van der Waals surface area contributed by atoms with E-state index in [2.05, 4.69) is 38.1 Å². The molecule has 0 amide bonds. The predicted octanol–water partition coefficient (Wildman–Crippen LogP) is 6.75. The van der Waals surface area contributed by atoms with Crippen LogP contribution in [0, 0.1) is 13.8 Å². The second-order valence-corrected chi connectivity index (χ2v) is 6.97. The quantitative estimate of drug-likeness (QED) is 0.398. The third-order valence-electron chi connectivity index (χ3n) is 4.68. The summed E-state index contributed by atoms with van der Waals surface area (Å²) in [6, 6.07) is 26.3. The maximum absolute atomic E-state index is 6.49. The molecule has 0 unspecified atom stereocenters. The number of hydrogen-bond acceptors (Lipinski definition) is 2. The lowest BCUT2D eigenvalue weighted by Crippen LogP contribution is -1.95. The van der Waals surface area contributed by atoms with Crippen molar-refractivity contribution in [2.75, 3.05) is 0 Å². The molecule has 2 heterocycles. The Labute approximate surface area is 164 Å². The van der Waals surface area contributed by atoms with E-state index in [9.17, 15) is 0 Å². The van der Waals surface area contributed by atoms with Crippen molar-refractivity contribution >= 4 is 11.6 Å². The number of hydrogen-bond donors (Lipinski definition) is 0. The normalized spacial score (nSPS) is 10.8. The maximum Gasteiger partial charge on any atom is 0.108 e. The minimum absolute atomic E-state index is 0.599. The van der Waals surface area contributed by atoms with E-state index in [0.29, 0.717) is 10.7 Å². The second kappa shape index (κ2) is 7.34. The smallest absolute Gasteiger partial charge is 0.108 e. The van der Waals surface area contributed by atoms with Crippen LogP contribution in [0.2, 0.25) is 5.02 Å². The summed E-state index contributed by atoms with van der Waals surface area (Å²) in [5.74, 6) is 0. The van der Waals surface area contributed by atoms with Crippen molar-refractivity contribution in [1.82, 2.24) is 9.97 Å². The first-order valence-corrected chi connectivity index (χ1v) is 9.27. The first kappa shape index (κ1) is 17.4.